The van der Waals surface area contributed by atoms with Gasteiger partial charge in [0.25, 0.3) is 0 Å². The second-order valence-electron chi connectivity index (χ2n) is 5.03. The third kappa shape index (κ3) is 10.3. The molecule has 19 heavy (non-hydrogen) atoms. The Morgan fingerprint density at radius 2 is 2.05 bits per heavy atom. The molecule has 0 heterocycles. The molecule has 0 amide bonds. The Morgan fingerprint density at radius 1 is 1.42 bits per heavy atom. The highest BCUT2D eigenvalue weighted by Crippen LogP contribution is 2.20. The minimum Gasteiger partial charge on any atom is -0.460 e. The van der Waals surface area contributed by atoms with Gasteiger partial charge in [-0.05, 0) is 18.8 Å². The Balaban J connectivity index is 3.87. The quantitative estimate of drug-likeness (QED) is 0.229. The average Bonchev–Trinajstić information content (AvgIpc) is 2.33. The first kappa shape index (κ1) is 17.7. The minimum atomic E-state index is -0.934. The first-order valence-corrected chi connectivity index (χ1v) is 6.26. The molecule has 0 aromatic carbocycles. The van der Waals surface area contributed by atoms with Gasteiger partial charge in [-0.3, -0.25) is 0 Å². The van der Waals surface area contributed by atoms with E-state index < -0.39 is 12.1 Å². The SMILES string of the molecule is C=C(C)OOCC(O)COC(=O)/C=C/C(C)(C)CC. The lowest BCUT2D eigenvalue weighted by Crippen LogP contribution is -2.23. The van der Waals surface area contributed by atoms with Crippen molar-refractivity contribution in [2.45, 2.75) is 40.2 Å². The van der Waals surface area contributed by atoms with E-state index in [0.29, 0.717) is 5.76 Å². The molecule has 1 atom stereocenters. The second-order valence-corrected chi connectivity index (χ2v) is 5.03. The Kier molecular flexibility index (Phi) is 8.11. The summed E-state index contributed by atoms with van der Waals surface area (Å²) >= 11 is 0. The first-order chi connectivity index (χ1) is 8.76. The van der Waals surface area contributed by atoms with Crippen molar-refractivity contribution in [1.82, 2.24) is 0 Å². The summed E-state index contributed by atoms with van der Waals surface area (Å²) in [5, 5.41) is 9.45. The van der Waals surface area contributed by atoms with Crippen LogP contribution < -0.4 is 0 Å². The molecule has 0 aliphatic heterocycles. The number of allylic oxidation sites excluding steroid dienone is 2. The van der Waals surface area contributed by atoms with E-state index in [1.807, 2.05) is 20.8 Å². The van der Waals surface area contributed by atoms with E-state index in [-0.39, 0.29) is 18.6 Å². The third-order valence-corrected chi connectivity index (χ3v) is 2.46. The molecule has 0 fully saturated rings. The Hall–Kier alpha value is -1.33. The lowest BCUT2D eigenvalue weighted by Gasteiger charge is -2.16. The van der Waals surface area contributed by atoms with Crippen molar-refractivity contribution in [3.8, 4) is 0 Å². The molecule has 0 aromatic heterocycles. The van der Waals surface area contributed by atoms with Gasteiger partial charge in [-0.15, -0.1) is 0 Å². The summed E-state index contributed by atoms with van der Waals surface area (Å²) in [6.45, 7) is 10.9. The molecular formula is C14H24O5. The van der Waals surface area contributed by atoms with Crippen LogP contribution >= 0.6 is 0 Å². The Bertz CT molecular complexity index is 320. The van der Waals surface area contributed by atoms with Crippen LogP contribution in [0.5, 0.6) is 0 Å². The molecule has 0 saturated carbocycles. The predicted octanol–water partition coefficient (Wildman–Crippen LogP) is 2.36. The van der Waals surface area contributed by atoms with E-state index in [4.69, 9.17) is 4.74 Å². The summed E-state index contributed by atoms with van der Waals surface area (Å²) in [6, 6.07) is 0. The number of aliphatic hydroxyl groups excluding tert-OH is 1. The van der Waals surface area contributed by atoms with Crippen LogP contribution in [0, 0.1) is 5.41 Å². The molecule has 5 nitrogen and oxygen atoms in total. The summed E-state index contributed by atoms with van der Waals surface area (Å²) in [6.07, 6.45) is 3.16. The predicted molar refractivity (Wildman–Crippen MR) is 72.0 cm³/mol. The van der Waals surface area contributed by atoms with E-state index in [9.17, 15) is 9.90 Å². The van der Waals surface area contributed by atoms with Gasteiger partial charge < -0.3 is 14.7 Å². The van der Waals surface area contributed by atoms with Gasteiger partial charge in [-0.2, -0.15) is 4.89 Å². The lowest BCUT2D eigenvalue weighted by molar-refractivity contribution is -0.275. The number of ether oxygens (including phenoxy) is 1. The van der Waals surface area contributed by atoms with E-state index in [2.05, 4.69) is 16.4 Å². The zero-order chi connectivity index (χ0) is 14.9. The third-order valence-electron chi connectivity index (χ3n) is 2.46. The molecule has 0 bridgehead atoms. The molecule has 0 aromatic rings. The molecular weight excluding hydrogens is 248 g/mol. The highest BCUT2D eigenvalue weighted by molar-refractivity contribution is 5.82. The van der Waals surface area contributed by atoms with Gasteiger partial charge in [0.2, 0.25) is 0 Å². The van der Waals surface area contributed by atoms with Gasteiger partial charge in [-0.25, -0.2) is 4.79 Å². The van der Waals surface area contributed by atoms with Crippen LogP contribution in [-0.2, 0) is 19.3 Å². The van der Waals surface area contributed by atoms with Crippen LogP contribution in [0.15, 0.2) is 24.5 Å². The van der Waals surface area contributed by atoms with Crippen molar-refractivity contribution in [2.75, 3.05) is 13.2 Å². The van der Waals surface area contributed by atoms with Gasteiger partial charge >= 0.3 is 5.97 Å². The van der Waals surface area contributed by atoms with E-state index in [1.54, 1.807) is 13.0 Å². The summed E-state index contributed by atoms with van der Waals surface area (Å²) in [7, 11) is 0. The van der Waals surface area contributed by atoms with Crippen molar-refractivity contribution in [1.29, 1.82) is 0 Å². The number of hydrogen-bond donors (Lipinski definition) is 1. The topological polar surface area (TPSA) is 65.0 Å². The second kappa shape index (κ2) is 8.72. The molecule has 0 spiro atoms. The normalized spacial score (nSPS) is 13.3. The maximum absolute atomic E-state index is 11.4. The zero-order valence-corrected chi connectivity index (χ0v) is 12.1. The van der Waals surface area contributed by atoms with Gasteiger partial charge in [-0.1, -0.05) is 33.4 Å². The van der Waals surface area contributed by atoms with Crippen molar-refractivity contribution in [3.63, 3.8) is 0 Å². The van der Waals surface area contributed by atoms with Crippen LogP contribution in [-0.4, -0.2) is 30.4 Å². The summed E-state index contributed by atoms with van der Waals surface area (Å²) in [5.74, 6) is -0.102. The monoisotopic (exact) mass is 272 g/mol. The van der Waals surface area contributed by atoms with Crippen molar-refractivity contribution in [2.24, 2.45) is 5.41 Å². The number of esters is 1. The van der Waals surface area contributed by atoms with Crippen molar-refractivity contribution < 1.29 is 24.4 Å². The van der Waals surface area contributed by atoms with Crippen LogP contribution in [0.25, 0.3) is 0 Å². The molecule has 1 unspecified atom stereocenters. The lowest BCUT2D eigenvalue weighted by atomic mass is 9.90. The first-order valence-electron chi connectivity index (χ1n) is 6.26. The van der Waals surface area contributed by atoms with Crippen molar-refractivity contribution in [3.05, 3.63) is 24.5 Å². The largest absolute Gasteiger partial charge is 0.460 e. The van der Waals surface area contributed by atoms with Gasteiger partial charge in [0.15, 0.2) is 0 Å². The molecule has 0 aliphatic rings. The minimum absolute atomic E-state index is 0.0456. The van der Waals surface area contributed by atoms with Crippen LogP contribution in [0.2, 0.25) is 0 Å². The number of carbonyl (C=O) groups excluding carboxylic acids is 1. The number of hydrogen-bond acceptors (Lipinski definition) is 5. The van der Waals surface area contributed by atoms with Crippen LogP contribution in [0.3, 0.4) is 0 Å². The average molecular weight is 272 g/mol. The van der Waals surface area contributed by atoms with Gasteiger partial charge in [0.05, 0.1) is 0 Å². The maximum Gasteiger partial charge on any atom is 0.330 e. The summed E-state index contributed by atoms with van der Waals surface area (Å²) in [5.41, 5.74) is -0.0456. The van der Waals surface area contributed by atoms with Gasteiger partial charge in [0.1, 0.15) is 25.1 Å². The number of aliphatic hydroxyl groups is 1. The molecule has 1 N–H and O–H groups in total. The van der Waals surface area contributed by atoms with E-state index in [0.717, 1.165) is 6.42 Å². The molecule has 5 heteroatoms. The summed E-state index contributed by atoms with van der Waals surface area (Å²) < 4.78 is 4.87. The Morgan fingerprint density at radius 3 is 2.58 bits per heavy atom. The standard InChI is InChI=1S/C14H24O5/c1-6-14(4,5)8-7-13(16)17-9-12(15)10-18-19-11(2)3/h7-8,12,15H,2,6,9-10H2,1,3-5H3/b8-7+. The van der Waals surface area contributed by atoms with E-state index in [1.165, 1.54) is 6.08 Å². The molecule has 110 valence electrons. The van der Waals surface area contributed by atoms with Crippen LogP contribution in [0.1, 0.15) is 34.1 Å². The molecule has 0 rings (SSSR count). The molecule has 0 aliphatic carbocycles. The highest BCUT2D eigenvalue weighted by Gasteiger charge is 2.12. The Labute approximate surface area is 114 Å². The molecule has 0 saturated heterocycles. The highest BCUT2D eigenvalue weighted by atomic mass is 17.2. The smallest absolute Gasteiger partial charge is 0.330 e. The van der Waals surface area contributed by atoms with Gasteiger partial charge in [0, 0.05) is 6.08 Å². The number of rotatable bonds is 9. The fourth-order valence-corrected chi connectivity index (χ4v) is 0.899. The zero-order valence-electron chi connectivity index (χ0n) is 12.1. The number of carbonyl (C=O) groups is 1. The van der Waals surface area contributed by atoms with Crippen molar-refractivity contribution >= 4 is 5.97 Å². The maximum atomic E-state index is 11.4. The fourth-order valence-electron chi connectivity index (χ4n) is 0.899. The fraction of sp³-hybridized carbons (Fsp3) is 0.643. The van der Waals surface area contributed by atoms with E-state index >= 15 is 0 Å². The van der Waals surface area contributed by atoms with Crippen LogP contribution in [0.4, 0.5) is 0 Å². The molecule has 0 radical (unpaired) electrons. The summed E-state index contributed by atoms with van der Waals surface area (Å²) in [4.78, 5) is 20.7.